The second-order valence-corrected chi connectivity index (χ2v) is 10.7. The van der Waals surface area contributed by atoms with Gasteiger partial charge in [0.2, 0.25) is 21.8 Å². The van der Waals surface area contributed by atoms with Crippen molar-refractivity contribution in [2.75, 3.05) is 24.2 Å². The third-order valence-corrected chi connectivity index (χ3v) is 6.71. The summed E-state index contributed by atoms with van der Waals surface area (Å²) in [5.41, 5.74) is 3.13. The molecule has 2 rings (SSSR count). The Kier molecular flexibility index (Phi) is 9.09. The van der Waals surface area contributed by atoms with Crippen LogP contribution in [0.1, 0.15) is 37.5 Å². The molecule has 9 heteroatoms. The van der Waals surface area contributed by atoms with Gasteiger partial charge in [0.1, 0.15) is 18.3 Å². The number of nitrogens with one attached hydrogen (secondary N) is 1. The number of methoxy groups -OCH3 is 1. The normalized spacial score (nSPS) is 12.2. The number of hydrogen-bond acceptors (Lipinski definition) is 5. The fourth-order valence-electron chi connectivity index (χ4n) is 3.41. The van der Waals surface area contributed by atoms with Crippen LogP contribution in [0.4, 0.5) is 5.69 Å². The molecular weight excluding hydrogens is 454 g/mol. The van der Waals surface area contributed by atoms with E-state index in [1.165, 1.54) is 4.90 Å². The number of hydrogen-bond donors (Lipinski definition) is 1. The van der Waals surface area contributed by atoms with Crippen LogP contribution in [-0.4, -0.2) is 57.1 Å². The van der Waals surface area contributed by atoms with Gasteiger partial charge < -0.3 is 15.0 Å². The van der Waals surface area contributed by atoms with E-state index in [4.69, 9.17) is 4.74 Å². The Labute approximate surface area is 202 Å². The molecule has 1 atom stereocenters. The van der Waals surface area contributed by atoms with Gasteiger partial charge in [0.25, 0.3) is 0 Å². The Morgan fingerprint density at radius 3 is 2.12 bits per heavy atom. The Hall–Kier alpha value is -3.07. The number of nitrogens with zero attached hydrogens (tertiary/aromatic N) is 2. The lowest BCUT2D eigenvalue weighted by Crippen LogP contribution is -2.52. The molecule has 0 heterocycles. The zero-order chi connectivity index (χ0) is 25.6. The molecule has 0 bridgehead atoms. The maximum Gasteiger partial charge on any atom is 0.244 e. The van der Waals surface area contributed by atoms with Crippen LogP contribution in [-0.2, 0) is 26.2 Å². The molecule has 0 fully saturated rings. The molecule has 186 valence electrons. The van der Waals surface area contributed by atoms with Crippen molar-refractivity contribution in [2.24, 2.45) is 0 Å². The second-order valence-electron chi connectivity index (χ2n) is 8.75. The summed E-state index contributed by atoms with van der Waals surface area (Å²) in [4.78, 5) is 27.7. The van der Waals surface area contributed by atoms with Crippen LogP contribution < -0.4 is 14.4 Å². The molecular formula is C25H35N3O5S. The minimum atomic E-state index is -3.75. The summed E-state index contributed by atoms with van der Waals surface area (Å²) >= 11 is 0. The highest BCUT2D eigenvalue weighted by atomic mass is 32.2. The average molecular weight is 490 g/mol. The largest absolute Gasteiger partial charge is 0.497 e. The minimum Gasteiger partial charge on any atom is -0.497 e. The zero-order valence-corrected chi connectivity index (χ0v) is 21.8. The third-order valence-electron chi connectivity index (χ3n) is 5.57. The first kappa shape index (κ1) is 27.2. The molecule has 1 N–H and O–H groups in total. The van der Waals surface area contributed by atoms with E-state index >= 15 is 0 Å². The molecule has 0 radical (unpaired) electrons. The highest BCUT2D eigenvalue weighted by Gasteiger charge is 2.30. The van der Waals surface area contributed by atoms with Crippen molar-refractivity contribution >= 4 is 27.5 Å². The first-order valence-electron chi connectivity index (χ1n) is 11.1. The van der Waals surface area contributed by atoms with Gasteiger partial charge >= 0.3 is 0 Å². The van der Waals surface area contributed by atoms with Crippen LogP contribution in [0.25, 0.3) is 0 Å². The number of aryl methyl sites for hydroxylation is 2. The maximum absolute atomic E-state index is 13.5. The number of rotatable bonds is 10. The summed E-state index contributed by atoms with van der Waals surface area (Å²) in [5, 5.41) is 2.83. The van der Waals surface area contributed by atoms with Crippen LogP contribution in [0.5, 0.6) is 5.75 Å². The van der Waals surface area contributed by atoms with Crippen LogP contribution in [0.3, 0.4) is 0 Å². The van der Waals surface area contributed by atoms with E-state index in [0.717, 1.165) is 27.3 Å². The Balaban J connectivity index is 2.40. The van der Waals surface area contributed by atoms with Gasteiger partial charge in [-0.05, 0) is 75.6 Å². The summed E-state index contributed by atoms with van der Waals surface area (Å²) in [6, 6.07) is 11.5. The number of amides is 2. The van der Waals surface area contributed by atoms with Gasteiger partial charge in [-0.15, -0.1) is 0 Å². The fourth-order valence-corrected chi connectivity index (χ4v) is 4.25. The number of ether oxygens (including phenoxy) is 1. The van der Waals surface area contributed by atoms with E-state index in [2.05, 4.69) is 5.32 Å². The summed E-state index contributed by atoms with van der Waals surface area (Å²) < 4.78 is 31.5. The van der Waals surface area contributed by atoms with Crippen molar-refractivity contribution in [2.45, 2.75) is 53.2 Å². The Morgan fingerprint density at radius 2 is 1.62 bits per heavy atom. The standard InChI is InChI=1S/C25H35N3O5S/c1-17(2)26-25(30)20(5)27(15-21-9-12-23(33-6)13-10-21)24(29)16-28(34(7,31)32)22-11-8-18(3)19(4)14-22/h8-14,17,20H,15-16H2,1-7H3,(H,26,30)/t20-/m0/s1. The van der Waals surface area contributed by atoms with Crippen molar-refractivity contribution in [3.05, 3.63) is 59.2 Å². The molecule has 0 aliphatic rings. The summed E-state index contributed by atoms with van der Waals surface area (Å²) in [5.74, 6) is -0.120. The van der Waals surface area contributed by atoms with Gasteiger partial charge in [-0.3, -0.25) is 13.9 Å². The van der Waals surface area contributed by atoms with Gasteiger partial charge in [-0.2, -0.15) is 0 Å². The lowest BCUT2D eigenvalue weighted by Gasteiger charge is -2.32. The van der Waals surface area contributed by atoms with Gasteiger partial charge in [-0.1, -0.05) is 18.2 Å². The molecule has 0 spiro atoms. The summed E-state index contributed by atoms with van der Waals surface area (Å²) in [6.07, 6.45) is 1.07. The van der Waals surface area contributed by atoms with Crippen molar-refractivity contribution < 1.29 is 22.7 Å². The number of anilines is 1. The lowest BCUT2D eigenvalue weighted by molar-refractivity contribution is -0.139. The van der Waals surface area contributed by atoms with E-state index in [1.54, 1.807) is 38.3 Å². The Bertz CT molecular complexity index is 1110. The van der Waals surface area contributed by atoms with Crippen LogP contribution in [0, 0.1) is 13.8 Å². The fraction of sp³-hybridized carbons (Fsp3) is 0.440. The predicted octanol–water partition coefficient (Wildman–Crippen LogP) is 3.02. The molecule has 8 nitrogen and oxygen atoms in total. The lowest BCUT2D eigenvalue weighted by atomic mass is 10.1. The minimum absolute atomic E-state index is 0.101. The molecule has 34 heavy (non-hydrogen) atoms. The first-order chi connectivity index (χ1) is 15.8. The summed E-state index contributed by atoms with van der Waals surface area (Å²) in [7, 11) is -2.19. The summed E-state index contributed by atoms with van der Waals surface area (Å²) in [6.45, 7) is 8.85. The van der Waals surface area contributed by atoms with Gasteiger partial charge in [-0.25, -0.2) is 8.42 Å². The highest BCUT2D eigenvalue weighted by Crippen LogP contribution is 2.22. The van der Waals surface area contributed by atoms with Crippen LogP contribution in [0.2, 0.25) is 0 Å². The molecule has 0 saturated heterocycles. The topological polar surface area (TPSA) is 96.0 Å². The maximum atomic E-state index is 13.5. The number of sulfonamides is 1. The first-order valence-corrected chi connectivity index (χ1v) is 13.0. The van der Waals surface area contributed by atoms with Crippen molar-refractivity contribution in [1.82, 2.24) is 10.2 Å². The zero-order valence-electron chi connectivity index (χ0n) is 21.0. The third kappa shape index (κ3) is 7.21. The second kappa shape index (κ2) is 11.4. The van der Waals surface area contributed by atoms with Crippen molar-refractivity contribution in [3.8, 4) is 5.75 Å². The molecule has 2 aromatic carbocycles. The van der Waals surface area contributed by atoms with E-state index in [1.807, 2.05) is 45.9 Å². The molecule has 2 amide bonds. The molecule has 0 aliphatic carbocycles. The van der Waals surface area contributed by atoms with E-state index in [9.17, 15) is 18.0 Å². The smallest absolute Gasteiger partial charge is 0.244 e. The van der Waals surface area contributed by atoms with Crippen molar-refractivity contribution in [1.29, 1.82) is 0 Å². The molecule has 0 aromatic heterocycles. The Morgan fingerprint density at radius 1 is 1.00 bits per heavy atom. The highest BCUT2D eigenvalue weighted by molar-refractivity contribution is 7.92. The molecule has 0 aliphatic heterocycles. The average Bonchev–Trinajstić information content (AvgIpc) is 2.76. The van der Waals surface area contributed by atoms with Gasteiger partial charge in [0, 0.05) is 12.6 Å². The van der Waals surface area contributed by atoms with Crippen LogP contribution >= 0.6 is 0 Å². The number of carbonyl (C=O) groups excluding carboxylic acids is 2. The van der Waals surface area contributed by atoms with E-state index in [0.29, 0.717) is 11.4 Å². The van der Waals surface area contributed by atoms with E-state index < -0.39 is 28.5 Å². The van der Waals surface area contributed by atoms with Gasteiger partial charge in [0.15, 0.2) is 0 Å². The van der Waals surface area contributed by atoms with Crippen molar-refractivity contribution in [3.63, 3.8) is 0 Å². The molecule has 0 saturated carbocycles. The number of carbonyl (C=O) groups is 2. The molecule has 0 unspecified atom stereocenters. The quantitative estimate of drug-likeness (QED) is 0.554. The molecule has 2 aromatic rings. The monoisotopic (exact) mass is 489 g/mol. The number of benzene rings is 2. The van der Waals surface area contributed by atoms with Gasteiger partial charge in [0.05, 0.1) is 19.1 Å². The SMILES string of the molecule is COc1ccc(CN(C(=O)CN(c2ccc(C)c(C)c2)S(C)(=O)=O)[C@@H](C)C(=O)NC(C)C)cc1. The van der Waals surface area contributed by atoms with Crippen LogP contribution in [0.15, 0.2) is 42.5 Å². The van der Waals surface area contributed by atoms with E-state index in [-0.39, 0.29) is 18.5 Å². The predicted molar refractivity (Wildman–Crippen MR) is 134 cm³/mol.